The van der Waals surface area contributed by atoms with E-state index in [0.717, 1.165) is 42.0 Å². The van der Waals surface area contributed by atoms with Gasteiger partial charge in [0, 0.05) is 24.5 Å². The van der Waals surface area contributed by atoms with Crippen LogP contribution in [0.5, 0.6) is 0 Å². The second kappa shape index (κ2) is 6.73. The van der Waals surface area contributed by atoms with Crippen molar-refractivity contribution < 1.29 is 9.53 Å². The summed E-state index contributed by atoms with van der Waals surface area (Å²) in [6.45, 7) is 2.37. The molecule has 0 amide bonds. The molecule has 0 aliphatic heterocycles. The lowest BCUT2D eigenvalue weighted by molar-refractivity contribution is -0.141. The Balaban J connectivity index is 1.96. The van der Waals surface area contributed by atoms with Gasteiger partial charge in [-0.15, -0.1) is 0 Å². The Morgan fingerprint density at radius 3 is 2.91 bits per heavy atom. The van der Waals surface area contributed by atoms with E-state index in [1.807, 2.05) is 30.1 Å². The lowest BCUT2D eigenvalue weighted by Gasteiger charge is -2.20. The molecule has 0 radical (unpaired) electrons. The molecule has 2 aromatic rings. The lowest BCUT2D eigenvalue weighted by Crippen LogP contribution is -2.29. The van der Waals surface area contributed by atoms with Crippen LogP contribution in [0.4, 0.5) is 5.82 Å². The maximum atomic E-state index is 11.8. The first kappa shape index (κ1) is 15.4. The molecule has 3 rings (SSSR count). The van der Waals surface area contributed by atoms with Gasteiger partial charge in [0.25, 0.3) is 0 Å². The van der Waals surface area contributed by atoms with Crippen LogP contribution in [0, 0.1) is 0 Å². The van der Waals surface area contributed by atoms with Gasteiger partial charge in [-0.3, -0.25) is 9.78 Å². The number of carbonyl (C=O) groups is 1. The summed E-state index contributed by atoms with van der Waals surface area (Å²) in [7, 11) is 1.86. The minimum Gasteiger partial charge on any atom is -0.465 e. The quantitative estimate of drug-likeness (QED) is 0.787. The second-order valence-corrected chi connectivity index (χ2v) is 5.53. The summed E-state index contributed by atoms with van der Waals surface area (Å²) >= 11 is 0. The molecule has 120 valence electrons. The van der Waals surface area contributed by atoms with Gasteiger partial charge in [0.1, 0.15) is 18.1 Å². The van der Waals surface area contributed by atoms with Crippen molar-refractivity contribution in [3.63, 3.8) is 0 Å². The molecule has 0 fully saturated rings. The van der Waals surface area contributed by atoms with Crippen molar-refractivity contribution in [2.75, 3.05) is 25.1 Å². The van der Waals surface area contributed by atoms with E-state index >= 15 is 0 Å². The molecule has 0 bridgehead atoms. The van der Waals surface area contributed by atoms with Crippen LogP contribution in [0.2, 0.25) is 0 Å². The van der Waals surface area contributed by atoms with Crippen LogP contribution in [0.25, 0.3) is 11.5 Å². The van der Waals surface area contributed by atoms with E-state index in [4.69, 9.17) is 4.74 Å². The van der Waals surface area contributed by atoms with E-state index in [1.54, 1.807) is 13.1 Å². The van der Waals surface area contributed by atoms with Gasteiger partial charge in [0.2, 0.25) is 0 Å². The Morgan fingerprint density at radius 1 is 1.30 bits per heavy atom. The first-order chi connectivity index (χ1) is 11.2. The lowest BCUT2D eigenvalue weighted by atomic mass is 10.2. The van der Waals surface area contributed by atoms with E-state index in [9.17, 15) is 4.79 Å². The number of carbonyl (C=O) groups excluding carboxylic acids is 1. The molecule has 6 nitrogen and oxygen atoms in total. The highest BCUT2D eigenvalue weighted by Crippen LogP contribution is 2.30. The third-order valence-corrected chi connectivity index (χ3v) is 3.84. The third kappa shape index (κ3) is 3.31. The number of pyridine rings is 1. The summed E-state index contributed by atoms with van der Waals surface area (Å²) in [4.78, 5) is 27.3. The van der Waals surface area contributed by atoms with Crippen molar-refractivity contribution in [3.05, 3.63) is 35.7 Å². The largest absolute Gasteiger partial charge is 0.465 e. The van der Waals surface area contributed by atoms with Crippen LogP contribution in [-0.2, 0) is 22.4 Å². The van der Waals surface area contributed by atoms with Crippen molar-refractivity contribution in [3.8, 4) is 11.5 Å². The van der Waals surface area contributed by atoms with E-state index in [-0.39, 0.29) is 12.5 Å². The number of nitrogens with zero attached hydrogens (tertiary/aromatic N) is 4. The first-order valence-electron chi connectivity index (χ1n) is 7.87. The van der Waals surface area contributed by atoms with Crippen molar-refractivity contribution in [1.29, 1.82) is 0 Å². The minimum absolute atomic E-state index is 0.180. The van der Waals surface area contributed by atoms with Crippen LogP contribution in [0.15, 0.2) is 24.4 Å². The van der Waals surface area contributed by atoms with Crippen LogP contribution in [0.1, 0.15) is 24.6 Å². The van der Waals surface area contributed by atoms with E-state index in [2.05, 4.69) is 15.0 Å². The average Bonchev–Trinajstić information content (AvgIpc) is 3.03. The summed E-state index contributed by atoms with van der Waals surface area (Å²) in [6, 6.07) is 5.68. The SMILES string of the molecule is CCOC(=O)CN(C)c1nc(-c2ccccn2)nc2c1CCC2. The Morgan fingerprint density at radius 2 is 2.17 bits per heavy atom. The zero-order valence-electron chi connectivity index (χ0n) is 13.5. The van der Waals surface area contributed by atoms with Gasteiger partial charge in [0.15, 0.2) is 5.82 Å². The molecule has 2 aromatic heterocycles. The van der Waals surface area contributed by atoms with Crippen LogP contribution < -0.4 is 4.90 Å². The Kier molecular flexibility index (Phi) is 4.50. The van der Waals surface area contributed by atoms with E-state index in [0.29, 0.717) is 12.4 Å². The minimum atomic E-state index is -0.250. The number of fused-ring (bicyclic) bond motifs is 1. The standard InChI is InChI=1S/C17H20N4O2/c1-3-23-15(22)11-21(2)17-12-7-6-9-13(12)19-16(20-17)14-8-4-5-10-18-14/h4-5,8,10H,3,6-7,9,11H2,1-2H3. The topological polar surface area (TPSA) is 68.2 Å². The fourth-order valence-corrected chi connectivity index (χ4v) is 2.81. The van der Waals surface area contributed by atoms with Gasteiger partial charge < -0.3 is 9.64 Å². The van der Waals surface area contributed by atoms with Gasteiger partial charge >= 0.3 is 5.97 Å². The van der Waals surface area contributed by atoms with Crippen molar-refractivity contribution in [2.45, 2.75) is 26.2 Å². The fourth-order valence-electron chi connectivity index (χ4n) is 2.81. The number of anilines is 1. The van der Waals surface area contributed by atoms with Gasteiger partial charge in [-0.25, -0.2) is 9.97 Å². The van der Waals surface area contributed by atoms with Gasteiger partial charge in [-0.1, -0.05) is 6.07 Å². The molecule has 0 atom stereocenters. The number of esters is 1. The molecule has 2 heterocycles. The molecule has 0 aromatic carbocycles. The van der Waals surface area contributed by atoms with Crippen LogP contribution in [0.3, 0.4) is 0 Å². The van der Waals surface area contributed by atoms with Gasteiger partial charge in [0.05, 0.1) is 6.61 Å². The number of hydrogen-bond donors (Lipinski definition) is 0. The Labute approximate surface area is 135 Å². The first-order valence-corrected chi connectivity index (χ1v) is 7.87. The molecular formula is C17H20N4O2. The maximum Gasteiger partial charge on any atom is 0.325 e. The Bertz CT molecular complexity index is 703. The summed E-state index contributed by atoms with van der Waals surface area (Å²) in [5, 5.41) is 0. The number of ether oxygens (including phenoxy) is 1. The molecule has 0 spiro atoms. The highest BCUT2D eigenvalue weighted by molar-refractivity contribution is 5.76. The number of likely N-dealkylation sites (N-methyl/N-ethyl adjacent to an activating group) is 1. The monoisotopic (exact) mass is 312 g/mol. The number of aromatic nitrogens is 3. The second-order valence-electron chi connectivity index (χ2n) is 5.53. The number of hydrogen-bond acceptors (Lipinski definition) is 6. The van der Waals surface area contributed by atoms with Crippen LogP contribution >= 0.6 is 0 Å². The van der Waals surface area contributed by atoms with Gasteiger partial charge in [-0.05, 0) is 38.3 Å². The molecule has 23 heavy (non-hydrogen) atoms. The molecule has 6 heteroatoms. The van der Waals surface area contributed by atoms with Crippen molar-refractivity contribution in [1.82, 2.24) is 15.0 Å². The predicted molar refractivity (Wildman–Crippen MR) is 87.2 cm³/mol. The zero-order chi connectivity index (χ0) is 16.2. The van der Waals surface area contributed by atoms with Crippen molar-refractivity contribution >= 4 is 11.8 Å². The zero-order valence-corrected chi connectivity index (χ0v) is 13.5. The predicted octanol–water partition coefficient (Wildman–Crippen LogP) is 2.03. The molecule has 0 unspecified atom stereocenters. The van der Waals surface area contributed by atoms with Crippen LogP contribution in [-0.4, -0.2) is 41.1 Å². The molecule has 1 aliphatic rings. The summed E-state index contributed by atoms with van der Waals surface area (Å²) < 4.78 is 5.03. The number of aryl methyl sites for hydroxylation is 1. The highest BCUT2D eigenvalue weighted by Gasteiger charge is 2.23. The third-order valence-electron chi connectivity index (χ3n) is 3.84. The smallest absolute Gasteiger partial charge is 0.325 e. The molecular weight excluding hydrogens is 292 g/mol. The maximum absolute atomic E-state index is 11.8. The normalized spacial score (nSPS) is 12.8. The molecule has 1 aliphatic carbocycles. The van der Waals surface area contributed by atoms with E-state index in [1.165, 1.54) is 0 Å². The van der Waals surface area contributed by atoms with E-state index < -0.39 is 0 Å². The highest BCUT2D eigenvalue weighted by atomic mass is 16.5. The summed E-state index contributed by atoms with van der Waals surface area (Å²) in [5.41, 5.74) is 2.94. The van der Waals surface area contributed by atoms with Gasteiger partial charge in [-0.2, -0.15) is 0 Å². The molecule has 0 saturated carbocycles. The number of rotatable bonds is 5. The molecule has 0 saturated heterocycles. The summed E-state index contributed by atoms with van der Waals surface area (Å²) in [5.74, 6) is 1.16. The fraction of sp³-hybridized carbons (Fsp3) is 0.412. The van der Waals surface area contributed by atoms with Crippen molar-refractivity contribution in [2.24, 2.45) is 0 Å². The summed E-state index contributed by atoms with van der Waals surface area (Å²) in [6.07, 6.45) is 4.68. The Hall–Kier alpha value is -2.50. The molecule has 0 N–H and O–H groups in total. The average molecular weight is 312 g/mol.